The Morgan fingerprint density at radius 3 is 2.62 bits per heavy atom. The maximum atomic E-state index is 5.80. The van der Waals surface area contributed by atoms with Gasteiger partial charge in [0.25, 0.3) is 0 Å². The van der Waals surface area contributed by atoms with Crippen molar-refractivity contribution >= 4 is 5.69 Å². The predicted octanol–water partition coefficient (Wildman–Crippen LogP) is 2.08. The normalized spacial score (nSPS) is 10.8. The third-order valence-corrected chi connectivity index (χ3v) is 2.06. The molecule has 0 aliphatic heterocycles. The van der Waals surface area contributed by atoms with Gasteiger partial charge in [0.05, 0.1) is 0 Å². The Labute approximate surface area is 80.1 Å². The lowest BCUT2D eigenvalue weighted by Crippen LogP contribution is -2.21. The van der Waals surface area contributed by atoms with Crippen LogP contribution in [0.4, 0.5) is 5.69 Å². The van der Waals surface area contributed by atoms with Crippen LogP contribution in [0.25, 0.3) is 0 Å². The van der Waals surface area contributed by atoms with E-state index in [1.165, 1.54) is 5.56 Å². The summed E-state index contributed by atoms with van der Waals surface area (Å²) >= 11 is 0. The van der Waals surface area contributed by atoms with E-state index in [0.29, 0.717) is 6.04 Å². The van der Waals surface area contributed by atoms with E-state index in [-0.39, 0.29) is 0 Å². The first kappa shape index (κ1) is 10.1. The molecule has 3 N–H and O–H groups in total. The van der Waals surface area contributed by atoms with Crippen LogP contribution in [0.2, 0.25) is 0 Å². The predicted molar refractivity (Wildman–Crippen MR) is 57.6 cm³/mol. The number of nitrogen functional groups attached to an aromatic ring is 1. The Bertz CT molecular complexity index is 279. The quantitative estimate of drug-likeness (QED) is 0.695. The number of nitrogens with one attached hydrogen (secondary N) is 1. The maximum Gasteiger partial charge on any atom is 0.0346 e. The van der Waals surface area contributed by atoms with Crippen molar-refractivity contribution in [2.24, 2.45) is 0 Å². The van der Waals surface area contributed by atoms with Gasteiger partial charge in [0.1, 0.15) is 0 Å². The molecule has 0 atom stereocenters. The highest BCUT2D eigenvalue weighted by atomic mass is 14.9. The molecule has 0 saturated heterocycles. The van der Waals surface area contributed by atoms with E-state index in [0.717, 1.165) is 17.8 Å². The molecule has 72 valence electrons. The minimum absolute atomic E-state index is 0.516. The van der Waals surface area contributed by atoms with Gasteiger partial charge in [0.2, 0.25) is 0 Å². The van der Waals surface area contributed by atoms with Gasteiger partial charge in [-0.2, -0.15) is 0 Å². The minimum Gasteiger partial charge on any atom is -0.399 e. The smallest absolute Gasteiger partial charge is 0.0346 e. The Hall–Kier alpha value is -1.02. The monoisotopic (exact) mass is 178 g/mol. The summed E-state index contributed by atoms with van der Waals surface area (Å²) in [6.45, 7) is 7.19. The fourth-order valence-corrected chi connectivity index (χ4v) is 1.12. The number of benzene rings is 1. The molecular formula is C11H18N2. The van der Waals surface area contributed by atoms with Gasteiger partial charge >= 0.3 is 0 Å². The molecule has 2 heteroatoms. The van der Waals surface area contributed by atoms with Gasteiger partial charge in [-0.25, -0.2) is 0 Å². The number of nitrogens with two attached hydrogens (primary N) is 1. The van der Waals surface area contributed by atoms with Crippen LogP contribution in [-0.4, -0.2) is 6.04 Å². The summed E-state index contributed by atoms with van der Waals surface area (Å²) in [4.78, 5) is 0. The Balaban J connectivity index is 2.63. The highest BCUT2D eigenvalue weighted by Crippen LogP contribution is 2.12. The molecule has 0 aliphatic rings. The number of aryl methyl sites for hydroxylation is 1. The van der Waals surface area contributed by atoms with Gasteiger partial charge in [0, 0.05) is 18.3 Å². The second-order valence-corrected chi connectivity index (χ2v) is 3.73. The molecule has 0 aliphatic carbocycles. The van der Waals surface area contributed by atoms with Gasteiger partial charge in [-0.15, -0.1) is 0 Å². The average Bonchev–Trinajstić information content (AvgIpc) is 2.07. The number of hydrogen-bond donors (Lipinski definition) is 2. The standard InChI is InChI=1S/C11H18N2/c1-8(2)13-7-10-5-4-9(3)11(12)6-10/h4-6,8,13H,7,12H2,1-3H3. The van der Waals surface area contributed by atoms with Crippen molar-refractivity contribution in [3.05, 3.63) is 29.3 Å². The minimum atomic E-state index is 0.516. The first-order chi connectivity index (χ1) is 6.09. The molecule has 0 aromatic heterocycles. The first-order valence-corrected chi connectivity index (χ1v) is 4.68. The van der Waals surface area contributed by atoms with Crippen LogP contribution < -0.4 is 11.1 Å². The molecule has 0 unspecified atom stereocenters. The summed E-state index contributed by atoms with van der Waals surface area (Å²) in [7, 11) is 0. The van der Waals surface area contributed by atoms with E-state index < -0.39 is 0 Å². The van der Waals surface area contributed by atoms with Crippen LogP contribution in [0.1, 0.15) is 25.0 Å². The van der Waals surface area contributed by atoms with Crippen molar-refractivity contribution in [1.82, 2.24) is 5.32 Å². The van der Waals surface area contributed by atoms with E-state index in [9.17, 15) is 0 Å². The van der Waals surface area contributed by atoms with E-state index in [1.807, 2.05) is 13.0 Å². The van der Waals surface area contributed by atoms with Crippen LogP contribution in [0.3, 0.4) is 0 Å². The Kier molecular flexibility index (Phi) is 3.32. The van der Waals surface area contributed by atoms with Crippen molar-refractivity contribution in [1.29, 1.82) is 0 Å². The molecule has 13 heavy (non-hydrogen) atoms. The lowest BCUT2D eigenvalue weighted by Gasteiger charge is -2.09. The van der Waals surface area contributed by atoms with Crippen molar-refractivity contribution in [3.8, 4) is 0 Å². The molecule has 0 amide bonds. The maximum absolute atomic E-state index is 5.80. The zero-order valence-electron chi connectivity index (χ0n) is 8.59. The van der Waals surface area contributed by atoms with Gasteiger partial charge in [0.15, 0.2) is 0 Å². The average molecular weight is 178 g/mol. The van der Waals surface area contributed by atoms with Gasteiger partial charge in [-0.3, -0.25) is 0 Å². The van der Waals surface area contributed by atoms with Crippen molar-refractivity contribution in [2.75, 3.05) is 5.73 Å². The molecule has 1 aromatic rings. The summed E-state index contributed by atoms with van der Waals surface area (Å²) in [5, 5.41) is 3.35. The summed E-state index contributed by atoms with van der Waals surface area (Å²) in [5.41, 5.74) is 9.07. The van der Waals surface area contributed by atoms with Gasteiger partial charge in [-0.1, -0.05) is 26.0 Å². The summed E-state index contributed by atoms with van der Waals surface area (Å²) in [6, 6.07) is 6.72. The van der Waals surface area contributed by atoms with E-state index >= 15 is 0 Å². The molecule has 0 spiro atoms. The second kappa shape index (κ2) is 4.28. The lowest BCUT2D eigenvalue weighted by atomic mass is 10.1. The van der Waals surface area contributed by atoms with E-state index in [1.54, 1.807) is 0 Å². The highest BCUT2D eigenvalue weighted by molar-refractivity contribution is 5.48. The largest absolute Gasteiger partial charge is 0.399 e. The number of hydrogen-bond acceptors (Lipinski definition) is 2. The van der Waals surface area contributed by atoms with E-state index in [2.05, 4.69) is 31.3 Å². The SMILES string of the molecule is Cc1ccc(CNC(C)C)cc1N. The molecule has 0 radical (unpaired) electrons. The van der Waals surface area contributed by atoms with Crippen LogP contribution in [0, 0.1) is 6.92 Å². The summed E-state index contributed by atoms with van der Waals surface area (Å²) in [6.07, 6.45) is 0. The van der Waals surface area contributed by atoms with Crippen LogP contribution in [0.15, 0.2) is 18.2 Å². The molecular weight excluding hydrogens is 160 g/mol. The second-order valence-electron chi connectivity index (χ2n) is 3.73. The van der Waals surface area contributed by atoms with Crippen LogP contribution in [0.5, 0.6) is 0 Å². The molecule has 2 nitrogen and oxygen atoms in total. The van der Waals surface area contributed by atoms with Crippen molar-refractivity contribution in [3.63, 3.8) is 0 Å². The van der Waals surface area contributed by atoms with Gasteiger partial charge in [-0.05, 0) is 24.1 Å². The fourth-order valence-electron chi connectivity index (χ4n) is 1.12. The van der Waals surface area contributed by atoms with Crippen molar-refractivity contribution < 1.29 is 0 Å². The molecule has 1 rings (SSSR count). The zero-order chi connectivity index (χ0) is 9.84. The molecule has 0 bridgehead atoms. The Morgan fingerprint density at radius 2 is 2.08 bits per heavy atom. The lowest BCUT2D eigenvalue weighted by molar-refractivity contribution is 0.589. The topological polar surface area (TPSA) is 38.0 Å². The third-order valence-electron chi connectivity index (χ3n) is 2.06. The highest BCUT2D eigenvalue weighted by Gasteiger charge is 1.97. The van der Waals surface area contributed by atoms with Crippen LogP contribution >= 0.6 is 0 Å². The molecule has 1 aromatic carbocycles. The zero-order valence-corrected chi connectivity index (χ0v) is 8.59. The molecule has 0 fully saturated rings. The van der Waals surface area contributed by atoms with Gasteiger partial charge < -0.3 is 11.1 Å². The summed E-state index contributed by atoms with van der Waals surface area (Å²) in [5.74, 6) is 0. The Morgan fingerprint density at radius 1 is 1.38 bits per heavy atom. The fraction of sp³-hybridized carbons (Fsp3) is 0.455. The summed E-state index contributed by atoms with van der Waals surface area (Å²) < 4.78 is 0. The molecule has 0 heterocycles. The number of rotatable bonds is 3. The first-order valence-electron chi connectivity index (χ1n) is 4.68. The van der Waals surface area contributed by atoms with Crippen molar-refractivity contribution in [2.45, 2.75) is 33.4 Å². The molecule has 0 saturated carbocycles. The van der Waals surface area contributed by atoms with Crippen LogP contribution in [-0.2, 0) is 6.54 Å². The third kappa shape index (κ3) is 3.07. The number of anilines is 1. The van der Waals surface area contributed by atoms with E-state index in [4.69, 9.17) is 5.73 Å².